The van der Waals surface area contributed by atoms with E-state index in [-0.39, 0.29) is 12.4 Å². The Kier molecular flexibility index (Phi) is 4.52. The van der Waals surface area contributed by atoms with Crippen molar-refractivity contribution in [3.63, 3.8) is 0 Å². The molecule has 4 N–H and O–H groups in total. The zero-order valence-corrected chi connectivity index (χ0v) is 7.91. The number of nitrogens with two attached hydrogens (primary N) is 1. The van der Waals surface area contributed by atoms with Gasteiger partial charge in [0.15, 0.2) is 0 Å². The summed E-state index contributed by atoms with van der Waals surface area (Å²) in [7, 11) is 0. The fraction of sp³-hybridized carbons (Fsp3) is 0.400. The van der Waals surface area contributed by atoms with Crippen LogP contribution in [0, 0.1) is 5.82 Å². The van der Waals surface area contributed by atoms with Crippen LogP contribution in [0.1, 0.15) is 5.56 Å². The Labute approximate surface area is 82.7 Å². The number of aliphatic hydroxyl groups excluding tert-OH is 1. The first-order valence-corrected chi connectivity index (χ1v) is 4.55. The predicted octanol–water partition coefficient (Wildman–Crippen LogP) is 0.235. The Morgan fingerprint density at radius 2 is 2.29 bits per heavy atom. The molecule has 0 spiro atoms. The van der Waals surface area contributed by atoms with Gasteiger partial charge in [0.05, 0.1) is 6.10 Å². The molecule has 1 aromatic rings. The van der Waals surface area contributed by atoms with E-state index in [1.165, 1.54) is 12.1 Å². The van der Waals surface area contributed by atoms with Gasteiger partial charge >= 0.3 is 0 Å². The van der Waals surface area contributed by atoms with E-state index >= 15 is 0 Å². The largest absolute Gasteiger partial charge is 0.390 e. The lowest BCUT2D eigenvalue weighted by Gasteiger charge is -2.09. The summed E-state index contributed by atoms with van der Waals surface area (Å²) >= 11 is 0. The van der Waals surface area contributed by atoms with Gasteiger partial charge in [-0.3, -0.25) is 0 Å². The quantitative estimate of drug-likeness (QED) is 0.635. The molecule has 1 atom stereocenters. The molecule has 3 nitrogen and oxygen atoms in total. The van der Waals surface area contributed by atoms with E-state index < -0.39 is 6.10 Å². The minimum absolute atomic E-state index is 0.232. The third-order valence-electron chi connectivity index (χ3n) is 1.87. The highest BCUT2D eigenvalue weighted by atomic mass is 19.1. The first-order chi connectivity index (χ1) is 6.72. The number of rotatable bonds is 5. The molecule has 14 heavy (non-hydrogen) atoms. The van der Waals surface area contributed by atoms with Gasteiger partial charge in [0.2, 0.25) is 0 Å². The van der Waals surface area contributed by atoms with E-state index in [9.17, 15) is 4.39 Å². The summed E-state index contributed by atoms with van der Waals surface area (Å²) in [5, 5.41) is 12.1. The lowest BCUT2D eigenvalue weighted by Crippen LogP contribution is -2.32. The Balaban J connectivity index is 2.31. The van der Waals surface area contributed by atoms with Gasteiger partial charge < -0.3 is 16.2 Å². The first kappa shape index (κ1) is 11.1. The third kappa shape index (κ3) is 3.83. The van der Waals surface area contributed by atoms with Crippen LogP contribution in [0.4, 0.5) is 4.39 Å². The molecule has 0 amide bonds. The molecule has 0 saturated heterocycles. The number of hydrogen-bond acceptors (Lipinski definition) is 3. The van der Waals surface area contributed by atoms with Crippen molar-refractivity contribution in [2.45, 2.75) is 12.6 Å². The molecule has 1 unspecified atom stereocenters. The van der Waals surface area contributed by atoms with Crippen LogP contribution >= 0.6 is 0 Å². The first-order valence-electron chi connectivity index (χ1n) is 4.55. The SMILES string of the molecule is NCC(O)CNCc1cccc(F)c1. The maximum atomic E-state index is 12.7. The number of aliphatic hydroxyl groups is 1. The van der Waals surface area contributed by atoms with Crippen LogP contribution in [0.3, 0.4) is 0 Å². The average Bonchev–Trinajstić information content (AvgIpc) is 2.17. The van der Waals surface area contributed by atoms with Gasteiger partial charge in [-0.1, -0.05) is 12.1 Å². The van der Waals surface area contributed by atoms with Gasteiger partial charge in [-0.15, -0.1) is 0 Å². The van der Waals surface area contributed by atoms with Crippen LogP contribution in [0.5, 0.6) is 0 Å². The smallest absolute Gasteiger partial charge is 0.123 e. The normalized spacial score (nSPS) is 12.8. The highest BCUT2D eigenvalue weighted by Gasteiger charge is 2.00. The molecule has 0 aliphatic heterocycles. The molecule has 0 aliphatic carbocycles. The zero-order valence-electron chi connectivity index (χ0n) is 7.91. The van der Waals surface area contributed by atoms with Crippen LogP contribution in [0.15, 0.2) is 24.3 Å². The number of halogens is 1. The third-order valence-corrected chi connectivity index (χ3v) is 1.87. The fourth-order valence-electron chi connectivity index (χ4n) is 1.11. The topological polar surface area (TPSA) is 58.3 Å². The van der Waals surface area contributed by atoms with E-state index in [0.717, 1.165) is 5.56 Å². The van der Waals surface area contributed by atoms with Gasteiger partial charge in [0.25, 0.3) is 0 Å². The highest BCUT2D eigenvalue weighted by molar-refractivity contribution is 5.15. The van der Waals surface area contributed by atoms with E-state index in [4.69, 9.17) is 10.8 Å². The standard InChI is InChI=1S/C10H15FN2O/c11-9-3-1-2-8(4-9)6-13-7-10(14)5-12/h1-4,10,13-14H,5-7,12H2. The Morgan fingerprint density at radius 1 is 1.50 bits per heavy atom. The molecule has 0 radical (unpaired) electrons. The second kappa shape index (κ2) is 5.70. The molecule has 0 aliphatic rings. The Bertz CT molecular complexity index is 281. The van der Waals surface area contributed by atoms with Crippen molar-refractivity contribution in [1.82, 2.24) is 5.32 Å². The van der Waals surface area contributed by atoms with Gasteiger partial charge in [0.1, 0.15) is 5.82 Å². The summed E-state index contributed by atoms with van der Waals surface area (Å²) in [5.74, 6) is -0.247. The van der Waals surface area contributed by atoms with Crippen LogP contribution in [-0.4, -0.2) is 24.3 Å². The van der Waals surface area contributed by atoms with Gasteiger partial charge in [-0.25, -0.2) is 4.39 Å². The fourth-order valence-corrected chi connectivity index (χ4v) is 1.11. The molecule has 4 heteroatoms. The lowest BCUT2D eigenvalue weighted by molar-refractivity contribution is 0.179. The average molecular weight is 198 g/mol. The van der Waals surface area contributed by atoms with Crippen molar-refractivity contribution in [3.8, 4) is 0 Å². The van der Waals surface area contributed by atoms with E-state index in [2.05, 4.69) is 5.32 Å². The lowest BCUT2D eigenvalue weighted by atomic mass is 10.2. The van der Waals surface area contributed by atoms with Crippen LogP contribution < -0.4 is 11.1 Å². The monoisotopic (exact) mass is 198 g/mol. The number of nitrogens with one attached hydrogen (secondary N) is 1. The molecular formula is C10H15FN2O. The van der Waals surface area contributed by atoms with Crippen molar-refractivity contribution < 1.29 is 9.50 Å². The van der Waals surface area contributed by atoms with Gasteiger partial charge in [-0.05, 0) is 17.7 Å². The molecule has 0 saturated carbocycles. The summed E-state index contributed by atoms with van der Waals surface area (Å²) in [5.41, 5.74) is 6.08. The predicted molar refractivity (Wildman–Crippen MR) is 53.2 cm³/mol. The summed E-state index contributed by atoms with van der Waals surface area (Å²) in [4.78, 5) is 0. The van der Waals surface area contributed by atoms with Crippen LogP contribution in [0.25, 0.3) is 0 Å². The van der Waals surface area contributed by atoms with Crippen LogP contribution in [0.2, 0.25) is 0 Å². The van der Waals surface area contributed by atoms with Crippen molar-refractivity contribution >= 4 is 0 Å². The zero-order chi connectivity index (χ0) is 10.4. The summed E-state index contributed by atoms with van der Waals surface area (Å²) in [6.45, 7) is 1.19. The van der Waals surface area contributed by atoms with E-state index in [1.54, 1.807) is 6.07 Å². The van der Waals surface area contributed by atoms with Crippen molar-refractivity contribution in [1.29, 1.82) is 0 Å². The molecule has 78 valence electrons. The highest BCUT2D eigenvalue weighted by Crippen LogP contribution is 2.02. The van der Waals surface area contributed by atoms with E-state index in [1.807, 2.05) is 6.07 Å². The Morgan fingerprint density at radius 3 is 2.93 bits per heavy atom. The number of hydrogen-bond donors (Lipinski definition) is 3. The van der Waals surface area contributed by atoms with E-state index in [0.29, 0.717) is 13.1 Å². The van der Waals surface area contributed by atoms with Gasteiger partial charge in [0, 0.05) is 19.6 Å². The van der Waals surface area contributed by atoms with Crippen molar-refractivity contribution in [2.75, 3.05) is 13.1 Å². The minimum Gasteiger partial charge on any atom is -0.390 e. The molecule has 0 bridgehead atoms. The Hall–Kier alpha value is -0.970. The van der Waals surface area contributed by atoms with Gasteiger partial charge in [-0.2, -0.15) is 0 Å². The second-order valence-corrected chi connectivity index (χ2v) is 3.15. The maximum absolute atomic E-state index is 12.7. The maximum Gasteiger partial charge on any atom is 0.123 e. The van der Waals surface area contributed by atoms with Crippen molar-refractivity contribution in [3.05, 3.63) is 35.6 Å². The molecular weight excluding hydrogens is 183 g/mol. The molecule has 0 heterocycles. The molecule has 0 fully saturated rings. The second-order valence-electron chi connectivity index (χ2n) is 3.15. The summed E-state index contributed by atoms with van der Waals surface area (Å²) in [6, 6.07) is 6.34. The number of benzene rings is 1. The minimum atomic E-state index is -0.538. The molecule has 1 aromatic carbocycles. The molecule has 1 rings (SSSR count). The van der Waals surface area contributed by atoms with Crippen LogP contribution in [-0.2, 0) is 6.54 Å². The summed E-state index contributed by atoms with van der Waals surface area (Å²) < 4.78 is 12.7. The molecule has 0 aromatic heterocycles. The van der Waals surface area contributed by atoms with Crippen molar-refractivity contribution in [2.24, 2.45) is 5.73 Å². The summed E-state index contributed by atoms with van der Waals surface area (Å²) in [6.07, 6.45) is -0.538.